The van der Waals surface area contributed by atoms with Crippen molar-refractivity contribution in [3.63, 3.8) is 0 Å². The molecule has 0 saturated carbocycles. The number of hydrazine groups is 1. The Bertz CT molecular complexity index is 819. The van der Waals surface area contributed by atoms with Crippen molar-refractivity contribution < 1.29 is 17.6 Å². The normalized spacial score (nSPS) is 11.2. The van der Waals surface area contributed by atoms with E-state index in [1.807, 2.05) is 17.2 Å². The van der Waals surface area contributed by atoms with E-state index < -0.39 is 21.7 Å². The molecule has 0 aliphatic carbocycles. The van der Waals surface area contributed by atoms with Gasteiger partial charge in [-0.15, -0.1) is 4.83 Å². The third kappa shape index (κ3) is 3.49. The zero-order valence-corrected chi connectivity index (χ0v) is 12.9. The van der Waals surface area contributed by atoms with Gasteiger partial charge >= 0.3 is 0 Å². The summed E-state index contributed by atoms with van der Waals surface area (Å²) < 4.78 is 37.6. The first kappa shape index (κ1) is 16.1. The van der Waals surface area contributed by atoms with Crippen LogP contribution in [0.1, 0.15) is 21.5 Å². The van der Waals surface area contributed by atoms with Gasteiger partial charge < -0.3 is 0 Å². The average Bonchev–Trinajstić information content (AvgIpc) is 2.48. The molecular formula is C15H15FN2O3S. The Morgan fingerprint density at radius 3 is 2.36 bits per heavy atom. The van der Waals surface area contributed by atoms with Crippen molar-refractivity contribution >= 4 is 15.9 Å². The van der Waals surface area contributed by atoms with Gasteiger partial charge in [-0.2, -0.15) is 0 Å². The minimum Gasteiger partial charge on any atom is -0.273 e. The number of halogens is 1. The number of amides is 1. The van der Waals surface area contributed by atoms with Gasteiger partial charge in [0, 0.05) is 0 Å². The summed E-state index contributed by atoms with van der Waals surface area (Å²) >= 11 is 0. The summed E-state index contributed by atoms with van der Waals surface area (Å²) in [5, 5.41) is 0. The van der Waals surface area contributed by atoms with Crippen LogP contribution in [0.4, 0.5) is 4.39 Å². The van der Waals surface area contributed by atoms with Crippen LogP contribution in [0.2, 0.25) is 0 Å². The maximum atomic E-state index is 13.4. The lowest BCUT2D eigenvalue weighted by Crippen LogP contribution is -2.41. The van der Waals surface area contributed by atoms with Crippen molar-refractivity contribution in [2.24, 2.45) is 0 Å². The Labute approximate surface area is 128 Å². The molecule has 0 unspecified atom stereocenters. The fourth-order valence-corrected chi connectivity index (χ4v) is 2.69. The first-order chi connectivity index (χ1) is 10.3. The Morgan fingerprint density at radius 2 is 1.73 bits per heavy atom. The van der Waals surface area contributed by atoms with Crippen LogP contribution in [-0.4, -0.2) is 14.3 Å². The quantitative estimate of drug-likeness (QED) is 0.846. The van der Waals surface area contributed by atoms with Crippen molar-refractivity contribution in [2.45, 2.75) is 18.7 Å². The lowest BCUT2D eigenvalue weighted by molar-refractivity contribution is 0.0941. The molecule has 0 heterocycles. The van der Waals surface area contributed by atoms with Crippen LogP contribution < -0.4 is 10.3 Å². The second-order valence-corrected chi connectivity index (χ2v) is 6.47. The summed E-state index contributed by atoms with van der Waals surface area (Å²) in [4.78, 5) is 13.8. The lowest BCUT2D eigenvalue weighted by Gasteiger charge is -2.10. The van der Waals surface area contributed by atoms with Gasteiger partial charge in [0.25, 0.3) is 15.9 Å². The van der Waals surface area contributed by atoms with Crippen molar-refractivity contribution in [3.05, 3.63) is 65.0 Å². The molecule has 0 spiro atoms. The summed E-state index contributed by atoms with van der Waals surface area (Å²) in [7, 11) is -3.92. The van der Waals surface area contributed by atoms with Gasteiger partial charge in [-0.3, -0.25) is 10.2 Å². The Morgan fingerprint density at radius 1 is 1.05 bits per heavy atom. The van der Waals surface area contributed by atoms with Crippen molar-refractivity contribution in [1.29, 1.82) is 0 Å². The molecule has 0 fully saturated rings. The van der Waals surface area contributed by atoms with Gasteiger partial charge in [-0.1, -0.05) is 18.2 Å². The standard InChI is InChI=1S/C15H15FN2O3S/c1-10-7-8-12(9-11(10)2)22(20,21)18-17-15(19)13-5-3-4-6-14(13)16/h3-9,18H,1-2H3,(H,17,19). The van der Waals surface area contributed by atoms with Gasteiger partial charge in [-0.05, 0) is 49.2 Å². The highest BCUT2D eigenvalue weighted by Crippen LogP contribution is 2.14. The number of rotatable bonds is 4. The van der Waals surface area contributed by atoms with Gasteiger partial charge in [0.05, 0.1) is 10.5 Å². The molecule has 0 aliphatic rings. The van der Waals surface area contributed by atoms with Crippen LogP contribution in [0, 0.1) is 19.7 Å². The van der Waals surface area contributed by atoms with Gasteiger partial charge in [0.1, 0.15) is 5.82 Å². The molecule has 2 aromatic rings. The zero-order chi connectivity index (χ0) is 16.3. The molecule has 0 radical (unpaired) electrons. The fourth-order valence-electron chi connectivity index (χ4n) is 1.77. The number of sulfonamides is 1. The minimum absolute atomic E-state index is 0.0180. The number of benzene rings is 2. The largest absolute Gasteiger partial charge is 0.273 e. The Hall–Kier alpha value is -2.25. The van der Waals surface area contributed by atoms with Crippen LogP contribution in [0.25, 0.3) is 0 Å². The second-order valence-electron chi connectivity index (χ2n) is 4.79. The van der Waals surface area contributed by atoms with Gasteiger partial charge in [0.15, 0.2) is 0 Å². The smallest absolute Gasteiger partial charge is 0.269 e. The predicted octanol–water partition coefficient (Wildman–Crippen LogP) is 2.07. The van der Waals surface area contributed by atoms with E-state index in [9.17, 15) is 17.6 Å². The van der Waals surface area contributed by atoms with E-state index in [2.05, 4.69) is 0 Å². The number of hydrogen-bond donors (Lipinski definition) is 2. The molecule has 0 atom stereocenters. The monoisotopic (exact) mass is 322 g/mol. The lowest BCUT2D eigenvalue weighted by atomic mass is 10.1. The maximum Gasteiger partial charge on any atom is 0.269 e. The summed E-state index contributed by atoms with van der Waals surface area (Å²) in [6.07, 6.45) is 0. The van der Waals surface area contributed by atoms with E-state index in [1.165, 1.54) is 30.3 Å². The minimum atomic E-state index is -3.92. The van der Waals surface area contributed by atoms with Crippen molar-refractivity contribution in [3.8, 4) is 0 Å². The summed E-state index contributed by atoms with van der Waals surface area (Å²) in [6, 6.07) is 9.89. The molecule has 1 amide bonds. The molecule has 22 heavy (non-hydrogen) atoms. The SMILES string of the molecule is Cc1ccc(S(=O)(=O)NNC(=O)c2ccccc2F)cc1C. The van der Waals surface area contributed by atoms with Crippen molar-refractivity contribution in [1.82, 2.24) is 10.3 Å². The molecular weight excluding hydrogens is 307 g/mol. The predicted molar refractivity (Wildman–Crippen MR) is 80.1 cm³/mol. The molecule has 7 heteroatoms. The van der Waals surface area contributed by atoms with Crippen LogP contribution >= 0.6 is 0 Å². The highest BCUT2D eigenvalue weighted by molar-refractivity contribution is 7.89. The van der Waals surface area contributed by atoms with Crippen LogP contribution in [0.3, 0.4) is 0 Å². The second kappa shape index (κ2) is 6.25. The van der Waals surface area contributed by atoms with E-state index in [0.717, 1.165) is 17.2 Å². The van der Waals surface area contributed by atoms with E-state index >= 15 is 0 Å². The van der Waals surface area contributed by atoms with E-state index in [1.54, 1.807) is 13.0 Å². The highest BCUT2D eigenvalue weighted by Gasteiger charge is 2.17. The number of carbonyl (C=O) groups excluding carboxylic acids is 1. The van der Waals surface area contributed by atoms with Crippen molar-refractivity contribution in [2.75, 3.05) is 0 Å². The molecule has 0 saturated heterocycles. The number of nitrogens with one attached hydrogen (secondary N) is 2. The third-order valence-corrected chi connectivity index (χ3v) is 4.45. The van der Waals surface area contributed by atoms with E-state index in [0.29, 0.717) is 0 Å². The van der Waals surface area contributed by atoms with Gasteiger partial charge in [0.2, 0.25) is 0 Å². The maximum absolute atomic E-state index is 13.4. The first-order valence-electron chi connectivity index (χ1n) is 6.45. The number of aryl methyl sites for hydroxylation is 2. The molecule has 5 nitrogen and oxygen atoms in total. The van der Waals surface area contributed by atoms with E-state index in [4.69, 9.17) is 0 Å². The van der Waals surface area contributed by atoms with Gasteiger partial charge in [-0.25, -0.2) is 12.8 Å². The molecule has 2 N–H and O–H groups in total. The number of carbonyl (C=O) groups is 1. The molecule has 0 aliphatic heterocycles. The molecule has 2 aromatic carbocycles. The average molecular weight is 322 g/mol. The first-order valence-corrected chi connectivity index (χ1v) is 7.93. The molecule has 2 rings (SSSR count). The molecule has 0 aromatic heterocycles. The van der Waals surface area contributed by atoms with Crippen LogP contribution in [-0.2, 0) is 10.0 Å². The topological polar surface area (TPSA) is 75.3 Å². The number of hydrogen-bond acceptors (Lipinski definition) is 3. The Balaban J connectivity index is 2.14. The van der Waals surface area contributed by atoms with Crippen LogP contribution in [0.15, 0.2) is 47.4 Å². The summed E-state index contributed by atoms with van der Waals surface area (Å²) in [6.45, 7) is 3.64. The fraction of sp³-hybridized carbons (Fsp3) is 0.133. The third-order valence-electron chi connectivity index (χ3n) is 3.21. The van der Waals surface area contributed by atoms with E-state index in [-0.39, 0.29) is 10.5 Å². The summed E-state index contributed by atoms with van der Waals surface area (Å²) in [5.74, 6) is -1.60. The highest BCUT2D eigenvalue weighted by atomic mass is 32.2. The summed E-state index contributed by atoms with van der Waals surface area (Å²) in [5.41, 5.74) is 3.51. The zero-order valence-electron chi connectivity index (χ0n) is 12.1. The molecule has 0 bridgehead atoms. The molecule has 116 valence electrons. The van der Waals surface area contributed by atoms with Crippen LogP contribution in [0.5, 0.6) is 0 Å². The Kier molecular flexibility index (Phi) is 4.58.